The van der Waals surface area contributed by atoms with Crippen molar-refractivity contribution in [3.63, 3.8) is 0 Å². The molecule has 21 heavy (non-hydrogen) atoms. The molecule has 0 spiro atoms. The fourth-order valence-electron chi connectivity index (χ4n) is 1.91. The molecule has 0 unspecified atom stereocenters. The number of carbonyl (C=O) groups is 1. The standard InChI is InChI=1S/C16H18N2O3/c1-20-14-8-13(9-15(10-14)21-2)18-16(19)6-5-12-4-3-7-17-11-12/h3-4,7-11H,5-6H2,1-2H3,(H,18,19). The summed E-state index contributed by atoms with van der Waals surface area (Å²) in [6.45, 7) is 0. The summed E-state index contributed by atoms with van der Waals surface area (Å²) in [6, 6.07) is 9.08. The zero-order valence-electron chi connectivity index (χ0n) is 12.1. The van der Waals surface area contributed by atoms with Crippen molar-refractivity contribution < 1.29 is 14.3 Å². The van der Waals surface area contributed by atoms with E-state index in [1.807, 2.05) is 12.1 Å². The molecule has 1 N–H and O–H groups in total. The van der Waals surface area contributed by atoms with Gasteiger partial charge in [0.2, 0.25) is 5.91 Å². The molecule has 0 saturated carbocycles. The molecule has 1 heterocycles. The Balaban J connectivity index is 1.96. The van der Waals surface area contributed by atoms with Crippen molar-refractivity contribution in [3.8, 4) is 11.5 Å². The van der Waals surface area contributed by atoms with Gasteiger partial charge in [-0.2, -0.15) is 0 Å². The summed E-state index contributed by atoms with van der Waals surface area (Å²) >= 11 is 0. The molecule has 2 rings (SSSR count). The molecule has 0 fully saturated rings. The predicted molar refractivity (Wildman–Crippen MR) is 80.7 cm³/mol. The predicted octanol–water partition coefficient (Wildman–Crippen LogP) is 2.67. The van der Waals surface area contributed by atoms with Crippen LogP contribution in [0.5, 0.6) is 11.5 Å². The minimum atomic E-state index is -0.0610. The number of hydrogen-bond acceptors (Lipinski definition) is 4. The van der Waals surface area contributed by atoms with E-state index in [0.717, 1.165) is 5.56 Å². The van der Waals surface area contributed by atoms with Gasteiger partial charge in [-0.3, -0.25) is 9.78 Å². The summed E-state index contributed by atoms with van der Waals surface area (Å²) < 4.78 is 10.3. The van der Waals surface area contributed by atoms with Gasteiger partial charge in [0.25, 0.3) is 0 Å². The summed E-state index contributed by atoms with van der Waals surface area (Å²) in [5.74, 6) is 1.21. The fourth-order valence-corrected chi connectivity index (χ4v) is 1.91. The maximum Gasteiger partial charge on any atom is 0.224 e. The Kier molecular flexibility index (Phi) is 5.15. The molecule has 0 bridgehead atoms. The fraction of sp³-hybridized carbons (Fsp3) is 0.250. The van der Waals surface area contributed by atoms with Crippen LogP contribution < -0.4 is 14.8 Å². The van der Waals surface area contributed by atoms with Crippen LogP contribution in [0, 0.1) is 0 Å². The zero-order chi connectivity index (χ0) is 15.1. The van der Waals surface area contributed by atoms with Crippen molar-refractivity contribution in [1.82, 2.24) is 4.98 Å². The van der Waals surface area contributed by atoms with Crippen LogP contribution in [0.3, 0.4) is 0 Å². The molecule has 110 valence electrons. The topological polar surface area (TPSA) is 60.5 Å². The molecule has 2 aromatic rings. The van der Waals surface area contributed by atoms with Crippen LogP contribution in [-0.2, 0) is 11.2 Å². The van der Waals surface area contributed by atoms with Gasteiger partial charge in [-0.05, 0) is 18.1 Å². The van der Waals surface area contributed by atoms with Crippen molar-refractivity contribution in [2.75, 3.05) is 19.5 Å². The number of carbonyl (C=O) groups excluding carboxylic acids is 1. The van der Waals surface area contributed by atoms with E-state index >= 15 is 0 Å². The molecule has 0 saturated heterocycles. The Bertz CT molecular complexity index is 577. The van der Waals surface area contributed by atoms with Gasteiger partial charge in [-0.1, -0.05) is 6.07 Å². The number of aromatic nitrogens is 1. The summed E-state index contributed by atoms with van der Waals surface area (Å²) in [6.07, 6.45) is 4.53. The van der Waals surface area contributed by atoms with Crippen LogP contribution in [0.15, 0.2) is 42.7 Å². The van der Waals surface area contributed by atoms with Crippen LogP contribution in [0.2, 0.25) is 0 Å². The Morgan fingerprint density at radius 3 is 2.48 bits per heavy atom. The van der Waals surface area contributed by atoms with Gasteiger partial charge in [0.15, 0.2) is 0 Å². The van der Waals surface area contributed by atoms with Crippen LogP contribution in [0.4, 0.5) is 5.69 Å². The van der Waals surface area contributed by atoms with Gasteiger partial charge in [0.1, 0.15) is 11.5 Å². The lowest BCUT2D eigenvalue weighted by Gasteiger charge is -2.09. The van der Waals surface area contributed by atoms with E-state index in [-0.39, 0.29) is 5.91 Å². The number of aryl methyl sites for hydroxylation is 1. The number of methoxy groups -OCH3 is 2. The number of nitrogens with one attached hydrogen (secondary N) is 1. The summed E-state index contributed by atoms with van der Waals surface area (Å²) in [5, 5.41) is 2.84. The average Bonchev–Trinajstić information content (AvgIpc) is 2.53. The van der Waals surface area contributed by atoms with E-state index in [2.05, 4.69) is 10.3 Å². The third kappa shape index (κ3) is 4.49. The Morgan fingerprint density at radius 1 is 1.19 bits per heavy atom. The number of nitrogens with zero attached hydrogens (tertiary/aromatic N) is 1. The first-order chi connectivity index (χ1) is 10.2. The minimum Gasteiger partial charge on any atom is -0.497 e. The number of pyridine rings is 1. The van der Waals surface area contributed by atoms with Gasteiger partial charge in [-0.25, -0.2) is 0 Å². The summed E-state index contributed by atoms with van der Waals surface area (Å²) in [5.41, 5.74) is 1.69. The monoisotopic (exact) mass is 286 g/mol. The SMILES string of the molecule is COc1cc(NC(=O)CCc2cccnc2)cc(OC)c1. The van der Waals surface area contributed by atoms with Crippen molar-refractivity contribution >= 4 is 11.6 Å². The van der Waals surface area contributed by atoms with Gasteiger partial charge >= 0.3 is 0 Å². The second kappa shape index (κ2) is 7.28. The lowest BCUT2D eigenvalue weighted by Crippen LogP contribution is -2.12. The van der Waals surface area contributed by atoms with E-state index in [4.69, 9.17) is 9.47 Å². The first-order valence-electron chi connectivity index (χ1n) is 6.63. The number of benzene rings is 1. The molecule has 1 aromatic carbocycles. The first-order valence-corrected chi connectivity index (χ1v) is 6.63. The molecule has 1 amide bonds. The Hall–Kier alpha value is -2.56. The van der Waals surface area contributed by atoms with Crippen molar-refractivity contribution in [1.29, 1.82) is 0 Å². The number of amides is 1. The van der Waals surface area contributed by atoms with Crippen molar-refractivity contribution in [2.45, 2.75) is 12.8 Å². The maximum absolute atomic E-state index is 12.0. The third-order valence-corrected chi connectivity index (χ3v) is 3.00. The normalized spacial score (nSPS) is 10.0. The van der Waals surface area contributed by atoms with Gasteiger partial charge in [0.05, 0.1) is 14.2 Å². The molecule has 0 aliphatic heterocycles. The summed E-state index contributed by atoms with van der Waals surface area (Å²) in [7, 11) is 3.14. The minimum absolute atomic E-state index is 0.0610. The van der Waals surface area contributed by atoms with E-state index in [1.54, 1.807) is 44.8 Å². The highest BCUT2D eigenvalue weighted by molar-refractivity contribution is 5.91. The molecule has 5 heteroatoms. The van der Waals surface area contributed by atoms with Crippen LogP contribution in [0.25, 0.3) is 0 Å². The van der Waals surface area contributed by atoms with Crippen LogP contribution in [0.1, 0.15) is 12.0 Å². The van der Waals surface area contributed by atoms with Crippen LogP contribution >= 0.6 is 0 Å². The number of anilines is 1. The van der Waals surface area contributed by atoms with Crippen LogP contribution in [-0.4, -0.2) is 25.1 Å². The highest BCUT2D eigenvalue weighted by Gasteiger charge is 2.06. The highest BCUT2D eigenvalue weighted by Crippen LogP contribution is 2.25. The third-order valence-electron chi connectivity index (χ3n) is 3.00. The quantitative estimate of drug-likeness (QED) is 0.887. The zero-order valence-corrected chi connectivity index (χ0v) is 12.1. The van der Waals surface area contributed by atoms with E-state index in [1.165, 1.54) is 0 Å². The molecule has 5 nitrogen and oxygen atoms in total. The van der Waals surface area contributed by atoms with E-state index in [0.29, 0.717) is 30.0 Å². The molecular weight excluding hydrogens is 268 g/mol. The van der Waals surface area contributed by atoms with Gasteiger partial charge in [-0.15, -0.1) is 0 Å². The Labute approximate surface area is 123 Å². The number of ether oxygens (including phenoxy) is 2. The van der Waals surface area contributed by atoms with E-state index in [9.17, 15) is 4.79 Å². The summed E-state index contributed by atoms with van der Waals surface area (Å²) in [4.78, 5) is 16.0. The second-order valence-electron chi connectivity index (χ2n) is 4.51. The first kappa shape index (κ1) is 14.8. The number of rotatable bonds is 6. The molecular formula is C16H18N2O3. The van der Waals surface area contributed by atoms with Gasteiger partial charge < -0.3 is 14.8 Å². The molecule has 0 aliphatic carbocycles. The molecule has 0 aliphatic rings. The maximum atomic E-state index is 12.0. The molecule has 1 aromatic heterocycles. The lowest BCUT2D eigenvalue weighted by molar-refractivity contribution is -0.116. The highest BCUT2D eigenvalue weighted by atomic mass is 16.5. The molecule has 0 atom stereocenters. The number of hydrogen-bond donors (Lipinski definition) is 1. The second-order valence-corrected chi connectivity index (χ2v) is 4.51. The average molecular weight is 286 g/mol. The van der Waals surface area contributed by atoms with E-state index < -0.39 is 0 Å². The largest absolute Gasteiger partial charge is 0.497 e. The smallest absolute Gasteiger partial charge is 0.224 e. The Morgan fingerprint density at radius 2 is 1.90 bits per heavy atom. The molecule has 0 radical (unpaired) electrons. The van der Waals surface area contributed by atoms with Crippen molar-refractivity contribution in [2.24, 2.45) is 0 Å². The van der Waals surface area contributed by atoms with Gasteiger partial charge in [0, 0.05) is 42.7 Å². The lowest BCUT2D eigenvalue weighted by atomic mass is 10.1. The van der Waals surface area contributed by atoms with Crippen molar-refractivity contribution in [3.05, 3.63) is 48.3 Å².